The minimum absolute atomic E-state index is 0.646. The highest BCUT2D eigenvalue weighted by Crippen LogP contribution is 1.81. The number of carbonyl (C=O) groups excluding carboxylic acids is 1. The molecule has 0 saturated heterocycles. The molecule has 1 amide bonds. The summed E-state index contributed by atoms with van der Waals surface area (Å²) in [6.07, 6.45) is 0. The lowest BCUT2D eigenvalue weighted by molar-refractivity contribution is -0.142. The van der Waals surface area contributed by atoms with Crippen molar-refractivity contribution in [3.63, 3.8) is 0 Å². The quantitative estimate of drug-likeness (QED) is 0.454. The van der Waals surface area contributed by atoms with Crippen molar-refractivity contribution in [2.75, 3.05) is 6.61 Å². The largest absolute Gasteiger partial charge is 0.480 e. The summed E-state index contributed by atoms with van der Waals surface area (Å²) in [5.74, 6) is 2.39. The maximum Gasteiger partial charge on any atom is 0.328 e. The summed E-state index contributed by atoms with van der Waals surface area (Å²) < 4.78 is 0. The molecule has 0 fully saturated rings. The summed E-state index contributed by atoms with van der Waals surface area (Å²) in [5, 5.41) is 18.8. The van der Waals surface area contributed by atoms with E-state index in [0.717, 1.165) is 0 Å². The second-order valence-corrected chi connectivity index (χ2v) is 1.92. The van der Waals surface area contributed by atoms with E-state index >= 15 is 0 Å². The molecular formula is C7H9NO4. The van der Waals surface area contributed by atoms with E-state index in [1.807, 2.05) is 5.32 Å². The third-order valence-electron chi connectivity index (χ3n) is 1.02. The van der Waals surface area contributed by atoms with Crippen molar-refractivity contribution < 1.29 is 19.8 Å². The van der Waals surface area contributed by atoms with Crippen LogP contribution in [-0.4, -0.2) is 34.7 Å². The third-order valence-corrected chi connectivity index (χ3v) is 1.02. The monoisotopic (exact) mass is 171 g/mol. The highest BCUT2D eigenvalue weighted by atomic mass is 16.4. The first kappa shape index (κ1) is 10.5. The fraction of sp³-hybridized carbons (Fsp3) is 0.429. The number of aliphatic hydroxyl groups excluding tert-OH is 1. The number of rotatable bonds is 3. The van der Waals surface area contributed by atoms with Crippen LogP contribution in [0.2, 0.25) is 0 Å². The summed E-state index contributed by atoms with van der Waals surface area (Å²) in [7, 11) is 0. The van der Waals surface area contributed by atoms with Crippen LogP contribution in [0.1, 0.15) is 6.92 Å². The number of nitrogens with one attached hydrogen (secondary N) is 1. The van der Waals surface area contributed by atoms with Crippen LogP contribution in [0.4, 0.5) is 0 Å². The van der Waals surface area contributed by atoms with E-state index < -0.39 is 24.5 Å². The number of carbonyl (C=O) groups is 2. The van der Waals surface area contributed by atoms with Gasteiger partial charge in [0.1, 0.15) is 0 Å². The van der Waals surface area contributed by atoms with Gasteiger partial charge in [0.2, 0.25) is 0 Å². The number of hydrogen-bond donors (Lipinski definition) is 3. The summed E-state index contributed by atoms with van der Waals surface area (Å²) in [6.45, 7) is 0.806. The molecule has 0 aliphatic carbocycles. The topological polar surface area (TPSA) is 86.6 Å². The Kier molecular flexibility index (Phi) is 4.49. The molecule has 12 heavy (non-hydrogen) atoms. The van der Waals surface area contributed by atoms with Gasteiger partial charge in [-0.3, -0.25) is 4.79 Å². The highest BCUT2D eigenvalue weighted by Gasteiger charge is 2.16. The van der Waals surface area contributed by atoms with E-state index in [-0.39, 0.29) is 0 Å². The zero-order valence-electron chi connectivity index (χ0n) is 6.50. The molecule has 0 aromatic rings. The van der Waals surface area contributed by atoms with Crippen molar-refractivity contribution in [1.29, 1.82) is 0 Å². The second kappa shape index (κ2) is 5.16. The van der Waals surface area contributed by atoms with Crippen molar-refractivity contribution in [2.45, 2.75) is 13.0 Å². The van der Waals surface area contributed by atoms with Gasteiger partial charge < -0.3 is 15.5 Å². The average Bonchev–Trinajstić information content (AvgIpc) is 2.00. The fourth-order valence-electron chi connectivity index (χ4n) is 0.493. The van der Waals surface area contributed by atoms with Crippen LogP contribution in [-0.2, 0) is 9.59 Å². The number of carboxylic acids is 1. The Hall–Kier alpha value is -1.54. The maximum absolute atomic E-state index is 10.7. The Balaban J connectivity index is 4.09. The summed E-state index contributed by atoms with van der Waals surface area (Å²) in [6, 6.07) is -1.28. The van der Waals surface area contributed by atoms with Gasteiger partial charge in [-0.15, -0.1) is 0 Å². The summed E-state index contributed by atoms with van der Waals surface area (Å²) in [5.41, 5.74) is 0. The maximum atomic E-state index is 10.7. The Labute approximate surface area is 69.4 Å². The van der Waals surface area contributed by atoms with Crippen molar-refractivity contribution >= 4 is 11.9 Å². The molecule has 0 unspecified atom stereocenters. The van der Waals surface area contributed by atoms with Gasteiger partial charge in [0.05, 0.1) is 6.61 Å². The number of aliphatic carboxylic acids is 1. The van der Waals surface area contributed by atoms with Gasteiger partial charge >= 0.3 is 5.97 Å². The predicted molar refractivity (Wildman–Crippen MR) is 40.1 cm³/mol. The van der Waals surface area contributed by atoms with Crippen molar-refractivity contribution in [1.82, 2.24) is 5.32 Å². The first-order chi connectivity index (χ1) is 5.61. The molecule has 0 aliphatic heterocycles. The standard InChI is InChI=1S/C7H9NO4/c1-2-3-6(10)8-5(4-9)7(11)12/h5,9H,4H2,1H3,(H,8,10)(H,11,12)/t5-/m1/s1. The van der Waals surface area contributed by atoms with Crippen molar-refractivity contribution in [2.24, 2.45) is 0 Å². The molecular weight excluding hydrogens is 162 g/mol. The van der Waals surface area contributed by atoms with E-state index in [0.29, 0.717) is 0 Å². The minimum atomic E-state index is -1.29. The van der Waals surface area contributed by atoms with Crippen molar-refractivity contribution in [3.05, 3.63) is 0 Å². The zero-order chi connectivity index (χ0) is 9.56. The third kappa shape index (κ3) is 3.58. The number of hydrogen-bond acceptors (Lipinski definition) is 3. The van der Waals surface area contributed by atoms with E-state index in [1.165, 1.54) is 6.92 Å². The molecule has 66 valence electrons. The van der Waals surface area contributed by atoms with E-state index in [4.69, 9.17) is 10.2 Å². The Bertz CT molecular complexity index is 238. The molecule has 0 aromatic carbocycles. The van der Waals surface area contributed by atoms with Crippen LogP contribution in [0.5, 0.6) is 0 Å². The first-order valence-corrected chi connectivity index (χ1v) is 3.18. The number of aliphatic hydroxyl groups is 1. The summed E-state index contributed by atoms with van der Waals surface area (Å²) >= 11 is 0. The van der Waals surface area contributed by atoms with Crippen LogP contribution < -0.4 is 5.32 Å². The van der Waals surface area contributed by atoms with E-state index in [1.54, 1.807) is 0 Å². The minimum Gasteiger partial charge on any atom is -0.480 e. The normalized spacial score (nSPS) is 10.8. The van der Waals surface area contributed by atoms with Gasteiger partial charge in [-0.2, -0.15) is 0 Å². The van der Waals surface area contributed by atoms with Crippen LogP contribution >= 0.6 is 0 Å². The zero-order valence-corrected chi connectivity index (χ0v) is 6.50. The Morgan fingerprint density at radius 3 is 2.50 bits per heavy atom. The van der Waals surface area contributed by atoms with Gasteiger partial charge in [-0.25, -0.2) is 4.79 Å². The first-order valence-electron chi connectivity index (χ1n) is 3.18. The Morgan fingerprint density at radius 2 is 2.17 bits per heavy atom. The van der Waals surface area contributed by atoms with Gasteiger partial charge in [0.25, 0.3) is 5.91 Å². The van der Waals surface area contributed by atoms with Gasteiger partial charge in [0, 0.05) is 0 Å². The van der Waals surface area contributed by atoms with Crippen LogP contribution in [0.3, 0.4) is 0 Å². The molecule has 0 aliphatic rings. The number of carboxylic acid groups (broad SMARTS) is 1. The molecule has 0 heterocycles. The lowest BCUT2D eigenvalue weighted by Gasteiger charge is -2.07. The van der Waals surface area contributed by atoms with Crippen LogP contribution in [0, 0.1) is 11.8 Å². The lowest BCUT2D eigenvalue weighted by atomic mass is 10.3. The van der Waals surface area contributed by atoms with Crippen LogP contribution in [0.25, 0.3) is 0 Å². The molecule has 0 spiro atoms. The number of amides is 1. The van der Waals surface area contributed by atoms with Gasteiger partial charge in [-0.1, -0.05) is 5.92 Å². The smallest absolute Gasteiger partial charge is 0.328 e. The molecule has 0 aromatic heterocycles. The van der Waals surface area contributed by atoms with E-state index in [2.05, 4.69) is 11.8 Å². The van der Waals surface area contributed by atoms with Crippen molar-refractivity contribution in [3.8, 4) is 11.8 Å². The molecule has 5 nitrogen and oxygen atoms in total. The molecule has 1 atom stereocenters. The Morgan fingerprint density at radius 1 is 1.58 bits per heavy atom. The molecule has 3 N–H and O–H groups in total. The van der Waals surface area contributed by atoms with Crippen LogP contribution in [0.15, 0.2) is 0 Å². The average molecular weight is 171 g/mol. The molecule has 0 saturated carbocycles. The SMILES string of the molecule is CC#CC(=O)N[C@H](CO)C(=O)O. The molecule has 0 bridgehead atoms. The molecule has 5 heteroatoms. The lowest BCUT2D eigenvalue weighted by Crippen LogP contribution is -2.42. The van der Waals surface area contributed by atoms with Gasteiger partial charge in [-0.05, 0) is 12.8 Å². The molecule has 0 radical (unpaired) electrons. The van der Waals surface area contributed by atoms with Gasteiger partial charge in [0.15, 0.2) is 6.04 Å². The second-order valence-electron chi connectivity index (χ2n) is 1.92. The summed E-state index contributed by atoms with van der Waals surface area (Å²) in [4.78, 5) is 20.9. The van der Waals surface area contributed by atoms with E-state index in [9.17, 15) is 9.59 Å². The highest BCUT2D eigenvalue weighted by molar-refractivity contribution is 5.95. The predicted octanol–water partition coefficient (Wildman–Crippen LogP) is -1.43. The fourth-order valence-corrected chi connectivity index (χ4v) is 0.493. The molecule has 0 rings (SSSR count).